The molecule has 1 saturated heterocycles. The SMILES string of the molecule is CCOC(C[C@H]1[C@H](C(C)=O)C(=O)N1Cc1ccccc1)OCC. The number of rotatable bonds is 9. The van der Waals surface area contributed by atoms with E-state index in [9.17, 15) is 9.59 Å². The van der Waals surface area contributed by atoms with Gasteiger partial charge in [0.1, 0.15) is 11.7 Å². The molecule has 2 atom stereocenters. The Balaban J connectivity index is 2.09. The van der Waals surface area contributed by atoms with Gasteiger partial charge in [-0.1, -0.05) is 30.3 Å². The van der Waals surface area contributed by atoms with E-state index in [1.807, 2.05) is 44.2 Å². The molecule has 1 aliphatic rings. The molecule has 5 nitrogen and oxygen atoms in total. The molecule has 23 heavy (non-hydrogen) atoms. The maximum Gasteiger partial charge on any atom is 0.235 e. The van der Waals surface area contributed by atoms with Crippen LogP contribution in [0, 0.1) is 5.92 Å². The smallest absolute Gasteiger partial charge is 0.235 e. The highest BCUT2D eigenvalue weighted by atomic mass is 16.7. The number of hydrogen-bond acceptors (Lipinski definition) is 4. The van der Waals surface area contributed by atoms with Crippen LogP contribution in [0.25, 0.3) is 0 Å². The Morgan fingerprint density at radius 2 is 1.78 bits per heavy atom. The first kappa shape index (κ1) is 17.6. The summed E-state index contributed by atoms with van der Waals surface area (Å²) >= 11 is 0. The summed E-state index contributed by atoms with van der Waals surface area (Å²) in [5.74, 6) is -0.753. The van der Waals surface area contributed by atoms with Gasteiger partial charge in [0.25, 0.3) is 0 Å². The number of Topliss-reactive ketones (excluding diaryl/α,β-unsaturated/α-hetero) is 1. The molecule has 0 radical (unpaired) electrons. The summed E-state index contributed by atoms with van der Waals surface area (Å²) in [6.07, 6.45) is 0.132. The van der Waals surface area contributed by atoms with Gasteiger partial charge >= 0.3 is 0 Å². The Bertz CT molecular complexity index is 525. The first-order valence-corrected chi connectivity index (χ1v) is 8.16. The van der Waals surface area contributed by atoms with Gasteiger partial charge in [-0.3, -0.25) is 9.59 Å². The van der Waals surface area contributed by atoms with Crippen LogP contribution >= 0.6 is 0 Å². The molecular formula is C18H25NO4. The molecule has 1 amide bonds. The van der Waals surface area contributed by atoms with Crippen LogP contribution in [-0.2, 0) is 25.6 Å². The maximum absolute atomic E-state index is 12.3. The fraction of sp³-hybridized carbons (Fsp3) is 0.556. The third-order valence-electron chi connectivity index (χ3n) is 4.11. The van der Waals surface area contributed by atoms with E-state index in [0.29, 0.717) is 26.2 Å². The van der Waals surface area contributed by atoms with E-state index < -0.39 is 5.92 Å². The summed E-state index contributed by atoms with van der Waals surface area (Å²) in [7, 11) is 0. The second kappa shape index (κ2) is 8.22. The highest BCUT2D eigenvalue weighted by Gasteiger charge is 2.50. The average molecular weight is 319 g/mol. The van der Waals surface area contributed by atoms with E-state index in [1.54, 1.807) is 4.90 Å². The highest BCUT2D eigenvalue weighted by molar-refractivity contribution is 6.05. The predicted octanol–water partition coefficient (Wildman–Crippen LogP) is 2.39. The molecule has 5 heteroatoms. The van der Waals surface area contributed by atoms with Crippen molar-refractivity contribution in [2.24, 2.45) is 5.92 Å². The topological polar surface area (TPSA) is 55.8 Å². The molecule has 0 aromatic heterocycles. The Labute approximate surface area is 137 Å². The predicted molar refractivity (Wildman–Crippen MR) is 86.6 cm³/mol. The van der Waals surface area contributed by atoms with Crippen LogP contribution in [0.5, 0.6) is 0 Å². The van der Waals surface area contributed by atoms with Crippen molar-refractivity contribution in [3.63, 3.8) is 0 Å². The first-order valence-electron chi connectivity index (χ1n) is 8.16. The fourth-order valence-corrected chi connectivity index (χ4v) is 3.04. The number of nitrogens with zero attached hydrogens (tertiary/aromatic N) is 1. The van der Waals surface area contributed by atoms with Gasteiger partial charge in [-0.2, -0.15) is 0 Å². The standard InChI is InChI=1S/C18H25NO4/c1-4-22-16(23-5-2)11-15-17(13(3)20)18(21)19(15)12-14-9-7-6-8-10-14/h6-10,15-17H,4-5,11-12H2,1-3H3/t15-,17-/m0/s1. The minimum atomic E-state index is -0.567. The molecule has 0 N–H and O–H groups in total. The summed E-state index contributed by atoms with van der Waals surface area (Å²) in [5.41, 5.74) is 1.05. The molecule has 1 aliphatic heterocycles. The van der Waals surface area contributed by atoms with Gasteiger partial charge in [0.15, 0.2) is 6.29 Å². The van der Waals surface area contributed by atoms with E-state index in [2.05, 4.69) is 0 Å². The zero-order valence-electron chi connectivity index (χ0n) is 14.0. The van der Waals surface area contributed by atoms with Gasteiger partial charge in [-0.15, -0.1) is 0 Å². The van der Waals surface area contributed by atoms with Crippen LogP contribution in [0.15, 0.2) is 30.3 Å². The zero-order chi connectivity index (χ0) is 16.8. The molecule has 0 saturated carbocycles. The third-order valence-corrected chi connectivity index (χ3v) is 4.11. The lowest BCUT2D eigenvalue weighted by atomic mass is 9.81. The van der Waals surface area contributed by atoms with Gasteiger partial charge < -0.3 is 14.4 Å². The van der Waals surface area contributed by atoms with Crippen LogP contribution in [0.1, 0.15) is 32.8 Å². The second-order valence-corrected chi connectivity index (χ2v) is 5.68. The minimum Gasteiger partial charge on any atom is -0.353 e. The fourth-order valence-electron chi connectivity index (χ4n) is 3.04. The monoisotopic (exact) mass is 319 g/mol. The molecular weight excluding hydrogens is 294 g/mol. The third kappa shape index (κ3) is 4.18. The van der Waals surface area contributed by atoms with Crippen molar-refractivity contribution in [1.82, 2.24) is 4.90 Å². The molecule has 2 rings (SSSR count). The summed E-state index contributed by atoms with van der Waals surface area (Å²) in [4.78, 5) is 25.9. The molecule has 1 fully saturated rings. The zero-order valence-corrected chi connectivity index (χ0v) is 14.0. The summed E-state index contributed by atoms with van der Waals surface area (Å²) in [5, 5.41) is 0. The number of amides is 1. The van der Waals surface area contributed by atoms with Crippen molar-refractivity contribution in [3.8, 4) is 0 Å². The van der Waals surface area contributed by atoms with E-state index in [0.717, 1.165) is 5.56 Å². The molecule has 1 aromatic carbocycles. The molecule has 1 heterocycles. The lowest BCUT2D eigenvalue weighted by Gasteiger charge is -2.47. The van der Waals surface area contributed by atoms with Gasteiger partial charge in [0, 0.05) is 26.2 Å². The highest BCUT2D eigenvalue weighted by Crippen LogP contribution is 2.33. The Hall–Kier alpha value is -1.72. The number of benzene rings is 1. The summed E-state index contributed by atoms with van der Waals surface area (Å²) < 4.78 is 11.2. The van der Waals surface area contributed by atoms with Crippen LogP contribution in [0.2, 0.25) is 0 Å². The van der Waals surface area contributed by atoms with E-state index in [4.69, 9.17) is 9.47 Å². The van der Waals surface area contributed by atoms with Gasteiger partial charge in [0.2, 0.25) is 5.91 Å². The molecule has 0 bridgehead atoms. The Morgan fingerprint density at radius 3 is 2.30 bits per heavy atom. The Kier molecular flexibility index (Phi) is 6.30. The number of carbonyl (C=O) groups is 2. The number of hydrogen-bond donors (Lipinski definition) is 0. The van der Waals surface area contributed by atoms with Gasteiger partial charge in [-0.05, 0) is 26.3 Å². The number of carbonyl (C=O) groups excluding carboxylic acids is 2. The number of ketones is 1. The quantitative estimate of drug-likeness (QED) is 0.398. The lowest BCUT2D eigenvalue weighted by Crippen LogP contribution is -2.63. The molecule has 0 aliphatic carbocycles. The normalized spacial score (nSPS) is 20.7. The van der Waals surface area contributed by atoms with Crippen molar-refractivity contribution >= 4 is 11.7 Å². The van der Waals surface area contributed by atoms with Crippen molar-refractivity contribution in [1.29, 1.82) is 0 Å². The van der Waals surface area contributed by atoms with Crippen molar-refractivity contribution in [2.45, 2.75) is 46.1 Å². The van der Waals surface area contributed by atoms with Crippen molar-refractivity contribution in [2.75, 3.05) is 13.2 Å². The average Bonchev–Trinajstić information content (AvgIpc) is 2.53. The first-order chi connectivity index (χ1) is 11.1. The summed E-state index contributed by atoms with van der Waals surface area (Å²) in [6, 6.07) is 9.63. The van der Waals surface area contributed by atoms with Crippen molar-refractivity contribution < 1.29 is 19.1 Å². The molecule has 1 aromatic rings. The molecule has 0 unspecified atom stereocenters. The van der Waals surface area contributed by atoms with Crippen LogP contribution in [-0.4, -0.2) is 42.1 Å². The number of likely N-dealkylation sites (tertiary alicyclic amines) is 1. The minimum absolute atomic E-state index is 0.0870. The van der Waals surface area contributed by atoms with E-state index >= 15 is 0 Å². The van der Waals surface area contributed by atoms with Crippen molar-refractivity contribution in [3.05, 3.63) is 35.9 Å². The van der Waals surface area contributed by atoms with E-state index in [-0.39, 0.29) is 24.0 Å². The largest absolute Gasteiger partial charge is 0.353 e. The van der Waals surface area contributed by atoms with E-state index in [1.165, 1.54) is 6.92 Å². The Morgan fingerprint density at radius 1 is 1.17 bits per heavy atom. The van der Waals surface area contributed by atoms with Gasteiger partial charge in [0.05, 0.1) is 6.04 Å². The maximum atomic E-state index is 12.3. The van der Waals surface area contributed by atoms with Crippen LogP contribution in [0.4, 0.5) is 0 Å². The number of ether oxygens (including phenoxy) is 2. The van der Waals surface area contributed by atoms with Gasteiger partial charge in [-0.25, -0.2) is 0 Å². The molecule has 126 valence electrons. The van der Waals surface area contributed by atoms with Crippen LogP contribution < -0.4 is 0 Å². The summed E-state index contributed by atoms with van der Waals surface area (Å²) in [6.45, 7) is 6.87. The number of β-lactam (4-membered cyclic amide) rings is 1. The lowest BCUT2D eigenvalue weighted by molar-refractivity contribution is -0.179. The molecule has 0 spiro atoms. The van der Waals surface area contributed by atoms with Crippen LogP contribution in [0.3, 0.4) is 0 Å². The second-order valence-electron chi connectivity index (χ2n) is 5.68.